The molecule has 0 aliphatic carbocycles. The molecule has 0 amide bonds. The first-order valence-corrected chi connectivity index (χ1v) is 11.8. The first kappa shape index (κ1) is 21.8. The van der Waals surface area contributed by atoms with E-state index in [1.807, 2.05) is 67.2 Å². The molecule has 0 saturated carbocycles. The van der Waals surface area contributed by atoms with E-state index in [0.717, 1.165) is 45.4 Å². The van der Waals surface area contributed by atoms with Gasteiger partial charge in [-0.1, -0.05) is 42.2 Å². The van der Waals surface area contributed by atoms with Crippen molar-refractivity contribution < 1.29 is 4.74 Å². The molecular formula is C29H24N6O. The Morgan fingerprint density at radius 3 is 2.75 bits per heavy atom. The van der Waals surface area contributed by atoms with Crippen LogP contribution in [0.2, 0.25) is 0 Å². The molecule has 1 unspecified atom stereocenters. The average molecular weight is 473 g/mol. The molecule has 3 aromatic carbocycles. The van der Waals surface area contributed by atoms with E-state index in [-0.39, 0.29) is 11.6 Å². The zero-order valence-electron chi connectivity index (χ0n) is 20.0. The molecule has 0 spiro atoms. The third-order valence-electron chi connectivity index (χ3n) is 6.29. The Hall–Kier alpha value is -4.70. The predicted molar refractivity (Wildman–Crippen MR) is 142 cm³/mol. The van der Waals surface area contributed by atoms with E-state index in [4.69, 9.17) is 4.74 Å². The van der Waals surface area contributed by atoms with Crippen LogP contribution in [0.4, 0.5) is 11.5 Å². The number of nitrogens with zero attached hydrogens (tertiary/aromatic N) is 5. The number of aliphatic imine (C=N–C) groups is 1. The summed E-state index contributed by atoms with van der Waals surface area (Å²) in [5, 5.41) is 10.00. The molecule has 0 fully saturated rings. The van der Waals surface area contributed by atoms with Gasteiger partial charge in [0.1, 0.15) is 17.7 Å². The summed E-state index contributed by atoms with van der Waals surface area (Å²) in [5.41, 5.74) is 4.58. The van der Waals surface area contributed by atoms with Crippen LogP contribution in [0, 0.1) is 11.8 Å². The molecule has 2 aromatic heterocycles. The van der Waals surface area contributed by atoms with Crippen LogP contribution in [-0.2, 0) is 11.3 Å². The predicted octanol–water partition coefficient (Wildman–Crippen LogP) is 5.33. The van der Waals surface area contributed by atoms with Gasteiger partial charge in [0, 0.05) is 22.0 Å². The maximum atomic E-state index is 5.54. The fraction of sp³-hybridized carbons (Fsp3) is 0.172. The summed E-state index contributed by atoms with van der Waals surface area (Å²) in [6, 6.07) is 22.5. The lowest BCUT2D eigenvalue weighted by Crippen LogP contribution is -2.29. The number of rotatable bonds is 4. The van der Waals surface area contributed by atoms with Gasteiger partial charge in [-0.05, 0) is 55.8 Å². The zero-order valence-corrected chi connectivity index (χ0v) is 20.0. The van der Waals surface area contributed by atoms with E-state index in [9.17, 15) is 0 Å². The van der Waals surface area contributed by atoms with Crippen molar-refractivity contribution in [3.05, 3.63) is 90.4 Å². The van der Waals surface area contributed by atoms with Gasteiger partial charge in [0.15, 0.2) is 12.5 Å². The van der Waals surface area contributed by atoms with Crippen LogP contribution in [0.15, 0.2) is 84.2 Å². The number of aromatic nitrogens is 4. The topological polar surface area (TPSA) is 77.2 Å². The molecule has 7 nitrogen and oxygen atoms in total. The van der Waals surface area contributed by atoms with Crippen molar-refractivity contribution in [1.29, 1.82) is 0 Å². The Balaban J connectivity index is 1.27. The van der Waals surface area contributed by atoms with Crippen LogP contribution < -0.4 is 5.32 Å². The standard InChI is InChI=1S/C29H24N6O/c1-29(2)27(36-19-32-29)13-9-20-8-11-25-24(14-20)28(31-18-30-25)34-23-10-12-26-22(15-23)16-33-35(26)17-21-6-4-3-5-7-21/h3-8,10-12,14-16,18-19,27H,17H2,1-2H3,(H,30,31,34). The van der Waals surface area contributed by atoms with Crippen molar-refractivity contribution in [1.82, 2.24) is 19.7 Å². The van der Waals surface area contributed by atoms with Crippen LogP contribution in [0.3, 0.4) is 0 Å². The van der Waals surface area contributed by atoms with Gasteiger partial charge in [0.05, 0.1) is 23.8 Å². The van der Waals surface area contributed by atoms with Crippen molar-refractivity contribution >= 4 is 39.7 Å². The number of hydrogen-bond donors (Lipinski definition) is 1. The fourth-order valence-corrected chi connectivity index (χ4v) is 4.24. The van der Waals surface area contributed by atoms with E-state index in [1.54, 1.807) is 6.33 Å². The molecule has 6 rings (SSSR count). The molecule has 36 heavy (non-hydrogen) atoms. The van der Waals surface area contributed by atoms with Crippen LogP contribution in [0.1, 0.15) is 25.0 Å². The lowest BCUT2D eigenvalue weighted by Gasteiger charge is -2.17. The van der Waals surface area contributed by atoms with E-state index in [2.05, 4.69) is 61.5 Å². The van der Waals surface area contributed by atoms with Gasteiger partial charge in [0.2, 0.25) is 0 Å². The molecule has 176 valence electrons. The third kappa shape index (κ3) is 4.25. The normalized spacial score (nSPS) is 16.0. The highest BCUT2D eigenvalue weighted by atomic mass is 16.5. The minimum absolute atomic E-state index is 0.271. The molecule has 1 atom stereocenters. The van der Waals surface area contributed by atoms with Crippen molar-refractivity contribution in [3.8, 4) is 11.8 Å². The summed E-state index contributed by atoms with van der Waals surface area (Å²) in [6.45, 7) is 4.75. The summed E-state index contributed by atoms with van der Waals surface area (Å²) in [6.07, 6.45) is 4.68. The second-order valence-electron chi connectivity index (χ2n) is 9.31. The summed E-state index contributed by atoms with van der Waals surface area (Å²) in [7, 11) is 0. The Morgan fingerprint density at radius 2 is 1.92 bits per heavy atom. The zero-order chi connectivity index (χ0) is 24.5. The molecule has 1 aliphatic rings. The lowest BCUT2D eigenvalue weighted by molar-refractivity contribution is 0.219. The van der Waals surface area contributed by atoms with Gasteiger partial charge >= 0.3 is 0 Å². The number of benzene rings is 3. The number of nitrogens with one attached hydrogen (secondary N) is 1. The summed E-state index contributed by atoms with van der Waals surface area (Å²) >= 11 is 0. The Morgan fingerprint density at radius 1 is 1.03 bits per heavy atom. The van der Waals surface area contributed by atoms with Gasteiger partial charge < -0.3 is 10.1 Å². The van der Waals surface area contributed by atoms with E-state index < -0.39 is 0 Å². The second kappa shape index (κ2) is 8.82. The Labute approximate surface area is 208 Å². The lowest BCUT2D eigenvalue weighted by atomic mass is 9.99. The molecule has 1 N–H and O–H groups in total. The smallest absolute Gasteiger partial charge is 0.185 e. The van der Waals surface area contributed by atoms with Gasteiger partial charge in [-0.2, -0.15) is 5.10 Å². The molecule has 0 saturated heterocycles. The minimum Gasteiger partial charge on any atom is -0.465 e. The molecular weight excluding hydrogens is 448 g/mol. The van der Waals surface area contributed by atoms with Gasteiger partial charge in [-0.3, -0.25) is 4.68 Å². The van der Waals surface area contributed by atoms with Crippen molar-refractivity contribution in [3.63, 3.8) is 0 Å². The number of hydrogen-bond acceptors (Lipinski definition) is 6. The molecule has 3 heterocycles. The van der Waals surface area contributed by atoms with Gasteiger partial charge in [-0.25, -0.2) is 15.0 Å². The van der Waals surface area contributed by atoms with E-state index in [1.165, 1.54) is 12.0 Å². The first-order chi connectivity index (χ1) is 17.5. The van der Waals surface area contributed by atoms with Crippen molar-refractivity contribution in [2.75, 3.05) is 5.32 Å². The van der Waals surface area contributed by atoms with Crippen LogP contribution >= 0.6 is 0 Å². The summed E-state index contributed by atoms with van der Waals surface area (Å²) < 4.78 is 7.55. The monoisotopic (exact) mass is 472 g/mol. The summed E-state index contributed by atoms with van der Waals surface area (Å²) in [4.78, 5) is 13.3. The summed E-state index contributed by atoms with van der Waals surface area (Å²) in [5.74, 6) is 7.14. The quantitative estimate of drug-likeness (QED) is 0.358. The number of fused-ring (bicyclic) bond motifs is 2. The second-order valence-corrected chi connectivity index (χ2v) is 9.31. The first-order valence-electron chi connectivity index (χ1n) is 11.8. The number of ether oxygens (including phenoxy) is 1. The van der Waals surface area contributed by atoms with Crippen molar-refractivity contribution in [2.24, 2.45) is 4.99 Å². The van der Waals surface area contributed by atoms with Crippen LogP contribution in [-0.4, -0.2) is 37.8 Å². The van der Waals surface area contributed by atoms with Crippen LogP contribution in [0.5, 0.6) is 0 Å². The maximum Gasteiger partial charge on any atom is 0.185 e. The van der Waals surface area contributed by atoms with E-state index in [0.29, 0.717) is 0 Å². The van der Waals surface area contributed by atoms with Gasteiger partial charge in [-0.15, -0.1) is 0 Å². The Kier molecular flexibility index (Phi) is 5.34. The number of anilines is 2. The SMILES string of the molecule is CC1(C)N=COC1C#Cc1ccc2ncnc(Nc3ccc4c(cnn4Cc4ccccc4)c3)c2c1. The maximum absolute atomic E-state index is 5.54. The highest BCUT2D eigenvalue weighted by Gasteiger charge is 2.32. The fourth-order valence-electron chi connectivity index (χ4n) is 4.24. The van der Waals surface area contributed by atoms with Gasteiger partial charge in [0.25, 0.3) is 0 Å². The molecule has 7 heteroatoms. The Bertz CT molecular complexity index is 1660. The highest BCUT2D eigenvalue weighted by Crippen LogP contribution is 2.27. The van der Waals surface area contributed by atoms with Crippen LogP contribution in [0.25, 0.3) is 21.8 Å². The average Bonchev–Trinajstić information content (AvgIpc) is 3.45. The van der Waals surface area contributed by atoms with E-state index >= 15 is 0 Å². The molecule has 5 aromatic rings. The highest BCUT2D eigenvalue weighted by molar-refractivity contribution is 5.92. The van der Waals surface area contributed by atoms with Crippen molar-refractivity contribution in [2.45, 2.75) is 32.0 Å². The third-order valence-corrected chi connectivity index (χ3v) is 6.29. The molecule has 1 aliphatic heterocycles. The largest absolute Gasteiger partial charge is 0.465 e. The minimum atomic E-state index is -0.354. The molecule has 0 radical (unpaired) electrons. The molecule has 0 bridgehead atoms.